The molecule has 1 aliphatic rings. The van der Waals surface area contributed by atoms with Crippen LogP contribution in [-0.4, -0.2) is 31.1 Å². The van der Waals surface area contributed by atoms with Crippen molar-refractivity contribution in [2.75, 3.05) is 6.54 Å². The summed E-state index contributed by atoms with van der Waals surface area (Å²) in [7, 11) is 0. The minimum atomic E-state index is -0.300. The number of nitrogens with zero attached hydrogens (tertiary/aromatic N) is 3. The molecule has 1 saturated heterocycles. The van der Waals surface area contributed by atoms with Gasteiger partial charge in [0.1, 0.15) is 21.3 Å². The van der Waals surface area contributed by atoms with Gasteiger partial charge in [-0.2, -0.15) is 4.98 Å². The summed E-state index contributed by atoms with van der Waals surface area (Å²) < 4.78 is 8.33. The molecule has 1 fully saturated rings. The molecule has 0 N–H and O–H groups in total. The molecule has 0 atom stereocenters. The average Bonchev–Trinajstić information content (AvgIpc) is 3.15. The number of carbonyl (C=O) groups excluding carboxylic acids is 1. The number of carbonyl (C=O) groups is 1. The van der Waals surface area contributed by atoms with Gasteiger partial charge in [0, 0.05) is 12.7 Å². The highest BCUT2D eigenvalue weighted by molar-refractivity contribution is 8.26. The van der Waals surface area contributed by atoms with E-state index < -0.39 is 0 Å². The maximum Gasteiger partial charge on any atom is 0.269 e. The Morgan fingerprint density at radius 3 is 2.61 bits per heavy atom. The van der Waals surface area contributed by atoms with Gasteiger partial charge in [0.05, 0.1) is 4.91 Å². The Labute approximate surface area is 234 Å². The van der Waals surface area contributed by atoms with Crippen molar-refractivity contribution in [3.05, 3.63) is 74.5 Å². The van der Waals surface area contributed by atoms with E-state index in [0.29, 0.717) is 27.2 Å². The average molecular weight is 550 g/mol. The maximum atomic E-state index is 13.6. The van der Waals surface area contributed by atoms with Gasteiger partial charge >= 0.3 is 0 Å². The predicted octanol–water partition coefficient (Wildman–Crippen LogP) is 7.48. The minimum absolute atomic E-state index is 0.171. The Morgan fingerprint density at radius 2 is 1.84 bits per heavy atom. The normalized spacial score (nSPS) is 14.9. The highest BCUT2D eigenvalue weighted by atomic mass is 32.2. The highest BCUT2D eigenvalue weighted by Crippen LogP contribution is 2.36. The summed E-state index contributed by atoms with van der Waals surface area (Å²) >= 11 is 6.76. The largest absolute Gasteiger partial charge is 0.438 e. The molecule has 4 rings (SSSR count). The SMILES string of the molecule is CCCCCCCCN1C(=O)/C(=C\c2c(Oc3cc(C)ccc3C(C)C)nc3ccccn3c2=O)SC1=S. The summed E-state index contributed by atoms with van der Waals surface area (Å²) in [6.07, 6.45) is 10.1. The van der Waals surface area contributed by atoms with E-state index in [4.69, 9.17) is 17.0 Å². The topological polar surface area (TPSA) is 63.9 Å². The molecule has 3 aromatic rings. The zero-order chi connectivity index (χ0) is 27.2. The number of benzene rings is 1. The van der Waals surface area contributed by atoms with Crippen LogP contribution >= 0.6 is 24.0 Å². The zero-order valence-corrected chi connectivity index (χ0v) is 24.2. The lowest BCUT2D eigenvalue weighted by molar-refractivity contribution is -0.122. The number of ether oxygens (including phenoxy) is 1. The Balaban J connectivity index is 1.68. The molecule has 3 heterocycles. The number of aryl methyl sites for hydroxylation is 1. The number of hydrogen-bond acceptors (Lipinski definition) is 6. The third-order valence-corrected chi connectivity index (χ3v) is 7.99. The number of pyridine rings is 1. The van der Waals surface area contributed by atoms with Gasteiger partial charge in [-0.05, 0) is 54.7 Å². The molecule has 0 unspecified atom stereocenters. The van der Waals surface area contributed by atoms with Gasteiger partial charge in [0.15, 0.2) is 0 Å². The van der Waals surface area contributed by atoms with Gasteiger partial charge in [-0.25, -0.2) is 0 Å². The van der Waals surface area contributed by atoms with Crippen molar-refractivity contribution in [3.8, 4) is 11.6 Å². The zero-order valence-electron chi connectivity index (χ0n) is 22.5. The van der Waals surface area contributed by atoms with E-state index >= 15 is 0 Å². The molecular formula is C30H35N3O3S2. The Morgan fingerprint density at radius 1 is 1.08 bits per heavy atom. The van der Waals surface area contributed by atoms with Crippen molar-refractivity contribution in [2.24, 2.45) is 0 Å². The van der Waals surface area contributed by atoms with Crippen LogP contribution in [0.1, 0.15) is 81.9 Å². The molecule has 1 aliphatic heterocycles. The quantitative estimate of drug-likeness (QED) is 0.140. The number of rotatable bonds is 11. The molecule has 6 nitrogen and oxygen atoms in total. The second kappa shape index (κ2) is 12.7. The molecule has 0 saturated carbocycles. The first-order valence-electron chi connectivity index (χ1n) is 13.3. The van der Waals surface area contributed by atoms with Crippen molar-refractivity contribution in [3.63, 3.8) is 0 Å². The van der Waals surface area contributed by atoms with Crippen LogP contribution in [0, 0.1) is 6.92 Å². The summed E-state index contributed by atoms with van der Waals surface area (Å²) in [5, 5.41) is 0. The fourth-order valence-electron chi connectivity index (χ4n) is 4.47. The molecule has 0 aliphatic carbocycles. The molecule has 0 bridgehead atoms. The fourth-order valence-corrected chi connectivity index (χ4v) is 5.76. The van der Waals surface area contributed by atoms with Crippen LogP contribution in [0.2, 0.25) is 0 Å². The Bertz CT molecular complexity index is 1430. The van der Waals surface area contributed by atoms with Crippen molar-refractivity contribution < 1.29 is 9.53 Å². The van der Waals surface area contributed by atoms with Crippen molar-refractivity contribution >= 4 is 45.9 Å². The number of thioether (sulfide) groups is 1. The number of thiocarbonyl (C=S) groups is 1. The number of hydrogen-bond donors (Lipinski definition) is 0. The van der Waals surface area contributed by atoms with Gasteiger partial charge in [0.2, 0.25) is 5.88 Å². The molecule has 38 heavy (non-hydrogen) atoms. The summed E-state index contributed by atoms with van der Waals surface area (Å²) in [6.45, 7) is 8.97. The molecule has 200 valence electrons. The number of aromatic nitrogens is 2. The molecule has 0 spiro atoms. The summed E-state index contributed by atoms with van der Waals surface area (Å²) in [5.74, 6) is 0.872. The predicted molar refractivity (Wildman–Crippen MR) is 160 cm³/mol. The van der Waals surface area contributed by atoms with E-state index in [2.05, 4.69) is 25.8 Å². The van der Waals surface area contributed by atoms with Gasteiger partial charge in [0.25, 0.3) is 11.5 Å². The lowest BCUT2D eigenvalue weighted by atomic mass is 10.0. The van der Waals surface area contributed by atoms with Crippen molar-refractivity contribution in [1.29, 1.82) is 0 Å². The van der Waals surface area contributed by atoms with Crippen molar-refractivity contribution in [2.45, 2.75) is 72.1 Å². The van der Waals surface area contributed by atoms with Gasteiger partial charge in [-0.15, -0.1) is 0 Å². The van der Waals surface area contributed by atoms with Crippen LogP contribution in [0.15, 0.2) is 52.3 Å². The monoisotopic (exact) mass is 549 g/mol. The molecule has 1 aromatic carbocycles. The van der Waals surface area contributed by atoms with E-state index in [1.165, 1.54) is 35.4 Å². The smallest absolute Gasteiger partial charge is 0.269 e. The van der Waals surface area contributed by atoms with E-state index in [0.717, 1.165) is 30.4 Å². The Kier molecular flexibility index (Phi) is 9.39. The van der Waals surface area contributed by atoms with Crippen LogP contribution < -0.4 is 10.3 Å². The number of unbranched alkanes of at least 4 members (excludes halogenated alkanes) is 5. The van der Waals surface area contributed by atoms with Gasteiger partial charge in [-0.1, -0.05) is 95.1 Å². The first kappa shape index (κ1) is 28.0. The lowest BCUT2D eigenvalue weighted by Gasteiger charge is -2.16. The standard InChI is InChI=1S/C30H35N3O3S2/c1-5-6-7-8-9-11-17-33-29(35)25(38-30(33)37)19-23-27(31-26-13-10-12-16-32(26)28(23)34)36-24-18-21(4)14-15-22(24)20(2)3/h10,12-16,18-20H,5-9,11,17H2,1-4H3/b25-19+. The van der Waals surface area contributed by atoms with E-state index in [1.807, 2.05) is 31.2 Å². The van der Waals surface area contributed by atoms with Crippen LogP contribution in [0.3, 0.4) is 0 Å². The van der Waals surface area contributed by atoms with E-state index in [-0.39, 0.29) is 28.8 Å². The summed E-state index contributed by atoms with van der Waals surface area (Å²) in [6, 6.07) is 11.4. The van der Waals surface area contributed by atoms with Crippen LogP contribution in [0.5, 0.6) is 11.6 Å². The molecular weight excluding hydrogens is 514 g/mol. The van der Waals surface area contributed by atoms with Gasteiger partial charge < -0.3 is 4.74 Å². The number of amides is 1. The molecule has 0 radical (unpaired) electrons. The summed E-state index contributed by atoms with van der Waals surface area (Å²) in [4.78, 5) is 33.6. The third kappa shape index (κ3) is 6.35. The second-order valence-corrected chi connectivity index (χ2v) is 11.6. The van der Waals surface area contributed by atoms with Gasteiger partial charge in [-0.3, -0.25) is 18.9 Å². The fraction of sp³-hybridized carbons (Fsp3) is 0.400. The third-order valence-electron chi connectivity index (χ3n) is 6.62. The summed E-state index contributed by atoms with van der Waals surface area (Å²) in [5.41, 5.74) is 2.45. The van der Waals surface area contributed by atoms with Crippen molar-refractivity contribution in [1.82, 2.24) is 14.3 Å². The van der Waals surface area contributed by atoms with Crippen LogP contribution in [-0.2, 0) is 4.79 Å². The van der Waals surface area contributed by atoms with Crippen LogP contribution in [0.4, 0.5) is 0 Å². The first-order chi connectivity index (χ1) is 18.3. The minimum Gasteiger partial charge on any atom is -0.438 e. The molecule has 8 heteroatoms. The van der Waals surface area contributed by atoms with E-state index in [9.17, 15) is 9.59 Å². The van der Waals surface area contributed by atoms with Crippen LogP contribution in [0.25, 0.3) is 11.7 Å². The highest BCUT2D eigenvalue weighted by Gasteiger charge is 2.32. The maximum absolute atomic E-state index is 13.6. The first-order valence-corrected chi connectivity index (χ1v) is 14.6. The molecule has 1 amide bonds. The lowest BCUT2D eigenvalue weighted by Crippen LogP contribution is -2.29. The number of fused-ring (bicyclic) bond motifs is 1. The Hall–Kier alpha value is -2.97. The molecule has 2 aromatic heterocycles. The van der Waals surface area contributed by atoms with E-state index in [1.54, 1.807) is 29.3 Å². The second-order valence-electron chi connectivity index (χ2n) is 9.96.